The van der Waals surface area contributed by atoms with Gasteiger partial charge in [0.2, 0.25) is 0 Å². The van der Waals surface area contributed by atoms with Crippen molar-refractivity contribution >= 4 is 21.9 Å². The lowest BCUT2D eigenvalue weighted by Gasteiger charge is -2.11. The minimum Gasteiger partial charge on any atom is -0.464 e. The Bertz CT molecular complexity index is 370. The van der Waals surface area contributed by atoms with E-state index in [2.05, 4.69) is 20.9 Å². The van der Waals surface area contributed by atoms with Gasteiger partial charge >= 0.3 is 5.97 Å². The molecule has 1 aliphatic carbocycles. The fourth-order valence-corrected chi connectivity index (χ4v) is 2.60. The quantitative estimate of drug-likeness (QED) is 0.786. The number of nitrogens with one attached hydrogen (secondary N) is 1. The Labute approximate surface area is 91.0 Å². The number of aromatic nitrogens is 1. The number of hydrogen-bond acceptors (Lipinski definition) is 2. The van der Waals surface area contributed by atoms with Gasteiger partial charge in [-0.1, -0.05) is 0 Å². The molecule has 0 atom stereocenters. The van der Waals surface area contributed by atoms with Gasteiger partial charge in [-0.25, -0.2) is 4.79 Å². The Morgan fingerprint density at radius 1 is 1.36 bits per heavy atom. The molecule has 14 heavy (non-hydrogen) atoms. The monoisotopic (exact) mass is 257 g/mol. The van der Waals surface area contributed by atoms with Crippen molar-refractivity contribution in [2.24, 2.45) is 0 Å². The number of hydrogen-bond donors (Lipinski definition) is 1. The number of rotatable bonds is 1. The van der Waals surface area contributed by atoms with E-state index in [1.807, 2.05) is 0 Å². The molecule has 0 bridgehead atoms. The predicted molar refractivity (Wildman–Crippen MR) is 56.5 cm³/mol. The van der Waals surface area contributed by atoms with Crippen LogP contribution in [-0.4, -0.2) is 18.1 Å². The summed E-state index contributed by atoms with van der Waals surface area (Å²) >= 11 is 3.44. The molecule has 0 unspecified atom stereocenters. The van der Waals surface area contributed by atoms with Crippen molar-refractivity contribution in [2.75, 3.05) is 7.11 Å². The van der Waals surface area contributed by atoms with Gasteiger partial charge in [-0.05, 0) is 52.7 Å². The van der Waals surface area contributed by atoms with Crippen molar-refractivity contribution in [1.82, 2.24) is 4.98 Å². The van der Waals surface area contributed by atoms with Crippen molar-refractivity contribution in [3.05, 3.63) is 21.4 Å². The Kier molecular flexibility index (Phi) is 2.63. The molecule has 4 heteroatoms. The van der Waals surface area contributed by atoms with Gasteiger partial charge in [-0.2, -0.15) is 0 Å². The average molecular weight is 258 g/mol. The molecule has 0 amide bonds. The van der Waals surface area contributed by atoms with Crippen LogP contribution in [0.5, 0.6) is 0 Å². The third-order valence-corrected chi connectivity index (χ3v) is 3.34. The molecule has 2 rings (SSSR count). The van der Waals surface area contributed by atoms with Crippen LogP contribution in [0.1, 0.15) is 34.5 Å². The SMILES string of the molecule is COC(=O)c1[nH]c(Br)c2c1CCCC2. The van der Waals surface area contributed by atoms with Crippen LogP contribution in [0.15, 0.2) is 4.60 Å². The summed E-state index contributed by atoms with van der Waals surface area (Å²) in [6, 6.07) is 0. The lowest BCUT2D eigenvalue weighted by Crippen LogP contribution is -2.08. The third-order valence-electron chi connectivity index (χ3n) is 2.66. The van der Waals surface area contributed by atoms with Crippen LogP contribution in [0.25, 0.3) is 0 Å². The second kappa shape index (κ2) is 3.77. The van der Waals surface area contributed by atoms with E-state index in [-0.39, 0.29) is 5.97 Å². The lowest BCUT2D eigenvalue weighted by atomic mass is 9.94. The van der Waals surface area contributed by atoms with Gasteiger partial charge in [-0.3, -0.25) is 0 Å². The molecule has 1 aromatic rings. The van der Waals surface area contributed by atoms with E-state index in [0.29, 0.717) is 5.69 Å². The van der Waals surface area contributed by atoms with Crippen LogP contribution >= 0.6 is 15.9 Å². The minimum absolute atomic E-state index is 0.270. The summed E-state index contributed by atoms with van der Waals surface area (Å²) in [7, 11) is 1.41. The molecule has 0 aliphatic heterocycles. The molecule has 3 nitrogen and oxygen atoms in total. The number of esters is 1. The summed E-state index contributed by atoms with van der Waals surface area (Å²) in [6.07, 6.45) is 4.37. The number of aromatic amines is 1. The van der Waals surface area contributed by atoms with Crippen molar-refractivity contribution in [3.8, 4) is 0 Å². The highest BCUT2D eigenvalue weighted by Crippen LogP contribution is 2.30. The third kappa shape index (κ3) is 1.47. The molecule has 0 radical (unpaired) electrons. The molecule has 0 saturated carbocycles. The van der Waals surface area contributed by atoms with Crippen molar-refractivity contribution < 1.29 is 9.53 Å². The van der Waals surface area contributed by atoms with E-state index < -0.39 is 0 Å². The number of ether oxygens (including phenoxy) is 1. The summed E-state index contributed by atoms with van der Waals surface area (Å²) < 4.78 is 5.66. The van der Waals surface area contributed by atoms with Gasteiger partial charge in [0.1, 0.15) is 5.69 Å². The Morgan fingerprint density at radius 2 is 2.00 bits per heavy atom. The summed E-state index contributed by atoms with van der Waals surface area (Å²) in [5.41, 5.74) is 3.00. The van der Waals surface area contributed by atoms with Crippen molar-refractivity contribution in [2.45, 2.75) is 25.7 Å². The number of methoxy groups -OCH3 is 1. The fourth-order valence-electron chi connectivity index (χ4n) is 1.96. The molecule has 1 aromatic heterocycles. The standard InChI is InChI=1S/C10H12BrNO2/c1-14-10(13)8-6-4-2-3-5-7(6)9(11)12-8/h12H,2-5H2,1H3. The summed E-state index contributed by atoms with van der Waals surface area (Å²) in [5, 5.41) is 0. The van der Waals surface area contributed by atoms with Crippen LogP contribution in [0, 0.1) is 0 Å². The molecular weight excluding hydrogens is 246 g/mol. The van der Waals surface area contributed by atoms with Gasteiger partial charge in [0.05, 0.1) is 11.7 Å². The normalized spacial score (nSPS) is 15.0. The van der Waals surface area contributed by atoms with E-state index in [1.54, 1.807) is 0 Å². The Morgan fingerprint density at radius 3 is 2.64 bits per heavy atom. The van der Waals surface area contributed by atoms with Gasteiger partial charge in [0, 0.05) is 0 Å². The zero-order valence-corrected chi connectivity index (χ0v) is 9.61. The lowest BCUT2D eigenvalue weighted by molar-refractivity contribution is 0.0593. The van der Waals surface area contributed by atoms with Crippen LogP contribution in [0.3, 0.4) is 0 Å². The van der Waals surface area contributed by atoms with E-state index >= 15 is 0 Å². The maximum absolute atomic E-state index is 11.4. The van der Waals surface area contributed by atoms with Gasteiger partial charge in [0.15, 0.2) is 0 Å². The number of halogens is 1. The smallest absolute Gasteiger partial charge is 0.354 e. The van der Waals surface area contributed by atoms with Crippen LogP contribution < -0.4 is 0 Å². The van der Waals surface area contributed by atoms with Gasteiger partial charge < -0.3 is 9.72 Å². The van der Waals surface area contributed by atoms with Crippen LogP contribution in [0.4, 0.5) is 0 Å². The molecule has 0 fully saturated rings. The highest BCUT2D eigenvalue weighted by Gasteiger charge is 2.23. The molecular formula is C10H12BrNO2. The topological polar surface area (TPSA) is 42.1 Å². The second-order valence-electron chi connectivity index (χ2n) is 3.47. The summed E-state index contributed by atoms with van der Waals surface area (Å²) in [5.74, 6) is -0.270. The molecule has 0 spiro atoms. The first kappa shape index (κ1) is 9.77. The second-order valence-corrected chi connectivity index (χ2v) is 4.26. The molecule has 76 valence electrons. The predicted octanol–water partition coefficient (Wildman–Crippen LogP) is 2.44. The van der Waals surface area contributed by atoms with E-state index in [9.17, 15) is 4.79 Å². The molecule has 0 aromatic carbocycles. The van der Waals surface area contributed by atoms with Crippen molar-refractivity contribution in [1.29, 1.82) is 0 Å². The zero-order chi connectivity index (χ0) is 10.1. The molecule has 1 N–H and O–H groups in total. The van der Waals surface area contributed by atoms with E-state index in [4.69, 9.17) is 4.74 Å². The van der Waals surface area contributed by atoms with Crippen LogP contribution in [-0.2, 0) is 17.6 Å². The highest BCUT2D eigenvalue weighted by molar-refractivity contribution is 9.10. The van der Waals surface area contributed by atoms with Gasteiger partial charge in [0.25, 0.3) is 0 Å². The maximum Gasteiger partial charge on any atom is 0.354 e. The van der Waals surface area contributed by atoms with Gasteiger partial charge in [-0.15, -0.1) is 0 Å². The van der Waals surface area contributed by atoms with Crippen molar-refractivity contribution in [3.63, 3.8) is 0 Å². The molecule has 1 aliphatic rings. The number of carbonyl (C=O) groups is 1. The average Bonchev–Trinajstić information content (AvgIpc) is 2.56. The number of carbonyl (C=O) groups excluding carboxylic acids is 1. The van der Waals surface area contributed by atoms with E-state index in [1.165, 1.54) is 19.1 Å². The molecule has 0 saturated heterocycles. The zero-order valence-electron chi connectivity index (χ0n) is 8.02. The maximum atomic E-state index is 11.4. The van der Waals surface area contributed by atoms with E-state index in [0.717, 1.165) is 29.4 Å². The number of fused-ring (bicyclic) bond motifs is 1. The largest absolute Gasteiger partial charge is 0.464 e. The molecule has 1 heterocycles. The first-order valence-electron chi connectivity index (χ1n) is 4.71. The first-order chi connectivity index (χ1) is 6.74. The number of H-pyrrole nitrogens is 1. The minimum atomic E-state index is -0.270. The van der Waals surface area contributed by atoms with Crippen LogP contribution in [0.2, 0.25) is 0 Å². The summed E-state index contributed by atoms with van der Waals surface area (Å²) in [4.78, 5) is 14.5. The first-order valence-corrected chi connectivity index (χ1v) is 5.51. The summed E-state index contributed by atoms with van der Waals surface area (Å²) in [6.45, 7) is 0. The Hall–Kier alpha value is -0.770. The Balaban J connectivity index is 2.46. The highest BCUT2D eigenvalue weighted by atomic mass is 79.9. The fraction of sp³-hybridized carbons (Fsp3) is 0.500.